The first kappa shape index (κ1) is 27.1. The van der Waals surface area contributed by atoms with E-state index in [9.17, 15) is 13.6 Å². The number of halogens is 2. The second kappa shape index (κ2) is 11.1. The van der Waals surface area contributed by atoms with Crippen molar-refractivity contribution in [2.45, 2.75) is 31.6 Å². The number of methoxy groups -OCH3 is 1. The second-order valence-electron chi connectivity index (χ2n) is 9.58. The van der Waals surface area contributed by atoms with Crippen molar-refractivity contribution in [1.82, 2.24) is 25.4 Å². The number of aromatic nitrogens is 5. The normalized spacial score (nSPS) is 15.8. The third-order valence-corrected chi connectivity index (χ3v) is 7.87. The van der Waals surface area contributed by atoms with Crippen LogP contribution in [0.25, 0.3) is 22.6 Å². The topological polar surface area (TPSA) is 140 Å². The van der Waals surface area contributed by atoms with E-state index < -0.39 is 18.0 Å². The van der Waals surface area contributed by atoms with Gasteiger partial charge >= 0.3 is 0 Å². The molecular formula is C29H21F2N7O3S. The van der Waals surface area contributed by atoms with E-state index in [4.69, 9.17) is 14.4 Å². The molecule has 3 heterocycles. The number of amides is 1. The Kier molecular flexibility index (Phi) is 7.13. The summed E-state index contributed by atoms with van der Waals surface area (Å²) in [5.41, 5.74) is 2.47. The molecule has 1 amide bonds. The SMILES string of the molecule is COc1cnc(C(F)F)cc1-c1cc(-c2nnc(C)o2)ccc1C(=O)Nc1nnc(C2C[C@H]2c2ccc(C#N)cc2)s1. The molecule has 5 aromatic rings. The van der Waals surface area contributed by atoms with Gasteiger partial charge in [0.1, 0.15) is 16.5 Å². The molecule has 0 saturated heterocycles. The van der Waals surface area contributed by atoms with Gasteiger partial charge in [0.15, 0.2) is 0 Å². The number of carbonyl (C=O) groups excluding carboxylic acids is 1. The minimum Gasteiger partial charge on any atom is -0.494 e. The Hall–Kier alpha value is -5.09. The summed E-state index contributed by atoms with van der Waals surface area (Å²) in [6.07, 6.45) is -0.744. The lowest BCUT2D eigenvalue weighted by atomic mass is 9.96. The van der Waals surface area contributed by atoms with E-state index in [0.717, 1.165) is 17.0 Å². The number of carbonyl (C=O) groups is 1. The fraction of sp³-hybridized carbons (Fsp3) is 0.207. The highest BCUT2D eigenvalue weighted by Crippen LogP contribution is 2.55. The average Bonchev–Trinajstić information content (AvgIpc) is 3.46. The molecule has 2 aromatic carbocycles. The highest BCUT2D eigenvalue weighted by Gasteiger charge is 2.42. The van der Waals surface area contributed by atoms with Crippen LogP contribution < -0.4 is 10.1 Å². The number of alkyl halides is 2. The number of rotatable bonds is 8. The first-order chi connectivity index (χ1) is 20.3. The fourth-order valence-corrected chi connectivity index (χ4v) is 5.62. The van der Waals surface area contributed by atoms with E-state index in [-0.39, 0.29) is 34.6 Å². The fourth-order valence-electron chi connectivity index (χ4n) is 4.70. The van der Waals surface area contributed by atoms with Crippen LogP contribution in [0.4, 0.5) is 13.9 Å². The molecule has 0 spiro atoms. The Bertz CT molecular complexity index is 1830. The Labute approximate surface area is 242 Å². The first-order valence-electron chi connectivity index (χ1n) is 12.8. The van der Waals surface area contributed by atoms with Gasteiger partial charge in [-0.3, -0.25) is 15.1 Å². The number of pyridine rings is 1. The van der Waals surface area contributed by atoms with E-state index >= 15 is 0 Å². The molecular weight excluding hydrogens is 564 g/mol. The molecule has 13 heteroatoms. The van der Waals surface area contributed by atoms with E-state index in [1.807, 2.05) is 12.1 Å². The Morgan fingerprint density at radius 2 is 1.90 bits per heavy atom. The predicted molar refractivity (Wildman–Crippen MR) is 148 cm³/mol. The molecule has 6 rings (SSSR count). The van der Waals surface area contributed by atoms with Crippen molar-refractivity contribution in [3.8, 4) is 34.4 Å². The van der Waals surface area contributed by atoms with Crippen LogP contribution in [0.15, 0.2) is 59.1 Å². The van der Waals surface area contributed by atoms with Crippen molar-refractivity contribution in [3.63, 3.8) is 0 Å². The summed E-state index contributed by atoms with van der Waals surface area (Å²) in [6.45, 7) is 1.64. The minimum atomic E-state index is -2.83. The summed E-state index contributed by atoms with van der Waals surface area (Å²) >= 11 is 1.28. The van der Waals surface area contributed by atoms with E-state index in [1.165, 1.54) is 30.7 Å². The summed E-state index contributed by atoms with van der Waals surface area (Å²) < 4.78 is 38.1. The van der Waals surface area contributed by atoms with Crippen molar-refractivity contribution >= 4 is 22.4 Å². The minimum absolute atomic E-state index is 0.169. The Morgan fingerprint density at radius 3 is 2.60 bits per heavy atom. The quantitative estimate of drug-likeness (QED) is 0.222. The van der Waals surface area contributed by atoms with Gasteiger partial charge in [0.2, 0.25) is 16.9 Å². The number of anilines is 1. The Morgan fingerprint density at radius 1 is 1.10 bits per heavy atom. The molecule has 42 heavy (non-hydrogen) atoms. The van der Waals surface area contributed by atoms with Gasteiger partial charge in [-0.25, -0.2) is 8.78 Å². The lowest BCUT2D eigenvalue weighted by molar-refractivity contribution is 0.102. The maximum Gasteiger partial charge on any atom is 0.280 e. The number of ether oxygens (including phenoxy) is 1. The van der Waals surface area contributed by atoms with Gasteiger partial charge in [-0.05, 0) is 59.9 Å². The maximum absolute atomic E-state index is 13.6. The average molecular weight is 586 g/mol. The monoisotopic (exact) mass is 585 g/mol. The van der Waals surface area contributed by atoms with Crippen LogP contribution in [0, 0.1) is 18.3 Å². The summed E-state index contributed by atoms with van der Waals surface area (Å²) in [4.78, 5) is 17.3. The molecule has 1 aliphatic carbocycles. The number of aryl methyl sites for hydroxylation is 1. The van der Waals surface area contributed by atoms with Crippen molar-refractivity contribution in [2.75, 3.05) is 12.4 Å². The molecule has 10 nitrogen and oxygen atoms in total. The summed E-state index contributed by atoms with van der Waals surface area (Å²) in [5, 5.41) is 29.3. The van der Waals surface area contributed by atoms with Crippen molar-refractivity contribution in [1.29, 1.82) is 5.26 Å². The smallest absolute Gasteiger partial charge is 0.280 e. The van der Waals surface area contributed by atoms with Gasteiger partial charge in [-0.2, -0.15) is 5.26 Å². The summed E-state index contributed by atoms with van der Waals surface area (Å²) in [7, 11) is 1.39. The predicted octanol–water partition coefficient (Wildman–Crippen LogP) is 6.30. The van der Waals surface area contributed by atoms with Crippen LogP contribution >= 0.6 is 11.3 Å². The van der Waals surface area contributed by atoms with Gasteiger partial charge in [-0.15, -0.1) is 20.4 Å². The molecule has 1 fully saturated rings. The van der Waals surface area contributed by atoms with E-state index in [0.29, 0.717) is 27.7 Å². The Balaban J connectivity index is 1.30. The summed E-state index contributed by atoms with van der Waals surface area (Å²) in [5.74, 6) is 0.676. The van der Waals surface area contributed by atoms with Gasteiger partial charge < -0.3 is 9.15 Å². The molecule has 1 N–H and O–H groups in total. The van der Waals surface area contributed by atoms with Crippen LogP contribution in [0.5, 0.6) is 5.75 Å². The molecule has 0 radical (unpaired) electrons. The largest absolute Gasteiger partial charge is 0.494 e. The zero-order valence-electron chi connectivity index (χ0n) is 22.2. The first-order valence-corrected chi connectivity index (χ1v) is 13.6. The number of nitrogens with zero attached hydrogens (tertiary/aromatic N) is 6. The maximum atomic E-state index is 13.6. The van der Waals surface area contributed by atoms with Crippen LogP contribution in [-0.2, 0) is 0 Å². The van der Waals surface area contributed by atoms with Gasteiger partial charge in [-0.1, -0.05) is 23.5 Å². The number of benzene rings is 2. The third-order valence-electron chi connectivity index (χ3n) is 6.90. The highest BCUT2D eigenvalue weighted by molar-refractivity contribution is 7.15. The lowest BCUT2D eigenvalue weighted by Gasteiger charge is -2.14. The molecule has 0 aliphatic heterocycles. The molecule has 1 aliphatic rings. The highest BCUT2D eigenvalue weighted by atomic mass is 32.1. The number of hydrogen-bond donors (Lipinski definition) is 1. The summed E-state index contributed by atoms with van der Waals surface area (Å²) in [6, 6.07) is 15.6. The lowest BCUT2D eigenvalue weighted by Crippen LogP contribution is -2.13. The zero-order chi connectivity index (χ0) is 29.4. The molecule has 3 aromatic heterocycles. The van der Waals surface area contributed by atoms with Crippen LogP contribution in [-0.4, -0.2) is 38.4 Å². The van der Waals surface area contributed by atoms with E-state index in [1.54, 1.807) is 37.3 Å². The van der Waals surface area contributed by atoms with Crippen molar-refractivity contribution in [2.24, 2.45) is 0 Å². The van der Waals surface area contributed by atoms with Crippen LogP contribution in [0.3, 0.4) is 0 Å². The van der Waals surface area contributed by atoms with Gasteiger partial charge in [0, 0.05) is 29.5 Å². The van der Waals surface area contributed by atoms with E-state index in [2.05, 4.69) is 36.8 Å². The molecule has 1 saturated carbocycles. The second-order valence-corrected chi connectivity index (χ2v) is 10.6. The zero-order valence-corrected chi connectivity index (χ0v) is 23.0. The van der Waals surface area contributed by atoms with Crippen molar-refractivity contribution in [3.05, 3.63) is 88.0 Å². The number of nitrogens with one attached hydrogen (secondary N) is 1. The molecule has 0 bridgehead atoms. The number of nitriles is 1. The van der Waals surface area contributed by atoms with Gasteiger partial charge in [0.25, 0.3) is 12.3 Å². The molecule has 210 valence electrons. The molecule has 2 atom stereocenters. The van der Waals surface area contributed by atoms with Crippen molar-refractivity contribution < 1.29 is 22.7 Å². The van der Waals surface area contributed by atoms with Crippen LogP contribution in [0.2, 0.25) is 0 Å². The van der Waals surface area contributed by atoms with Crippen LogP contribution in [0.1, 0.15) is 62.8 Å². The third kappa shape index (κ3) is 5.31. The standard InChI is InChI=1S/C29H21F2N7O3S/c1-14-35-36-27(41-14)17-7-8-18(20(9-17)21-11-23(25(30)31)33-13-24(21)40-2)26(39)34-29-38-37-28(42-29)22-10-19(22)16-5-3-15(12-32)4-6-16/h3-9,11,13,19,22,25H,10H2,1-2H3,(H,34,38,39)/t19-,22?/m0/s1. The molecule has 1 unspecified atom stereocenters. The number of hydrogen-bond acceptors (Lipinski definition) is 10. The van der Waals surface area contributed by atoms with Gasteiger partial charge in [0.05, 0.1) is 24.9 Å².